The highest BCUT2D eigenvalue weighted by Crippen LogP contribution is 2.28. The SMILES string of the molecule is COc1ccc2cccc([O])c2c1. The Morgan fingerprint density at radius 2 is 2.00 bits per heavy atom. The minimum Gasteiger partial charge on any atom is -0.497 e. The van der Waals surface area contributed by atoms with Crippen LogP contribution in [0.25, 0.3) is 10.8 Å². The number of benzene rings is 2. The van der Waals surface area contributed by atoms with Gasteiger partial charge in [-0.25, -0.2) is 0 Å². The molecule has 0 saturated heterocycles. The Morgan fingerprint density at radius 3 is 2.77 bits per heavy atom. The molecule has 13 heavy (non-hydrogen) atoms. The van der Waals surface area contributed by atoms with E-state index in [0.29, 0.717) is 5.39 Å². The maximum absolute atomic E-state index is 11.4. The van der Waals surface area contributed by atoms with Crippen LogP contribution in [-0.2, 0) is 5.11 Å². The topological polar surface area (TPSA) is 29.1 Å². The van der Waals surface area contributed by atoms with Crippen molar-refractivity contribution in [2.75, 3.05) is 7.11 Å². The number of hydrogen-bond acceptors (Lipinski definition) is 1. The summed E-state index contributed by atoms with van der Waals surface area (Å²) in [6.45, 7) is 0. The van der Waals surface area contributed by atoms with Gasteiger partial charge in [-0.05, 0) is 23.6 Å². The molecule has 2 rings (SSSR count). The van der Waals surface area contributed by atoms with Crippen LogP contribution in [0.5, 0.6) is 11.5 Å². The summed E-state index contributed by atoms with van der Waals surface area (Å²) in [5, 5.41) is 13.1. The van der Waals surface area contributed by atoms with Crippen LogP contribution in [-0.4, -0.2) is 7.11 Å². The van der Waals surface area contributed by atoms with Crippen molar-refractivity contribution in [2.24, 2.45) is 0 Å². The van der Waals surface area contributed by atoms with Gasteiger partial charge in [-0.1, -0.05) is 18.2 Å². The Morgan fingerprint density at radius 1 is 1.15 bits per heavy atom. The van der Waals surface area contributed by atoms with Gasteiger partial charge in [-0.3, -0.25) is 5.11 Å². The maximum atomic E-state index is 11.4. The van der Waals surface area contributed by atoms with Gasteiger partial charge in [-0.15, -0.1) is 0 Å². The standard InChI is InChI=1S/C11H9O2/c1-13-9-6-5-8-3-2-4-11(12)10(8)7-9/h2-7H,1H3. The van der Waals surface area contributed by atoms with Gasteiger partial charge in [-0.2, -0.15) is 0 Å². The lowest BCUT2D eigenvalue weighted by Gasteiger charge is -2.02. The van der Waals surface area contributed by atoms with Crippen LogP contribution >= 0.6 is 0 Å². The second kappa shape index (κ2) is 2.98. The molecule has 0 N–H and O–H groups in total. The second-order valence-corrected chi connectivity index (χ2v) is 2.84. The van der Waals surface area contributed by atoms with E-state index in [0.717, 1.165) is 11.1 Å². The van der Waals surface area contributed by atoms with Crippen molar-refractivity contribution in [1.29, 1.82) is 0 Å². The lowest BCUT2D eigenvalue weighted by Crippen LogP contribution is -1.81. The number of methoxy groups -OCH3 is 1. The van der Waals surface area contributed by atoms with E-state index in [9.17, 15) is 5.11 Å². The first-order valence-electron chi connectivity index (χ1n) is 4.05. The summed E-state index contributed by atoms with van der Waals surface area (Å²) in [5.41, 5.74) is 0. The second-order valence-electron chi connectivity index (χ2n) is 2.84. The van der Waals surface area contributed by atoms with Crippen molar-refractivity contribution in [2.45, 2.75) is 0 Å². The van der Waals surface area contributed by atoms with Crippen molar-refractivity contribution >= 4 is 10.8 Å². The largest absolute Gasteiger partial charge is 0.497 e. The van der Waals surface area contributed by atoms with Gasteiger partial charge < -0.3 is 4.74 Å². The molecule has 0 aliphatic carbocycles. The van der Waals surface area contributed by atoms with Gasteiger partial charge in [0.2, 0.25) is 0 Å². The summed E-state index contributed by atoms with van der Waals surface area (Å²) in [4.78, 5) is 0. The zero-order valence-corrected chi connectivity index (χ0v) is 7.28. The summed E-state index contributed by atoms with van der Waals surface area (Å²) < 4.78 is 5.04. The molecule has 65 valence electrons. The smallest absolute Gasteiger partial charge is 0.186 e. The van der Waals surface area contributed by atoms with Gasteiger partial charge in [0.1, 0.15) is 5.75 Å². The van der Waals surface area contributed by atoms with Crippen molar-refractivity contribution in [3.05, 3.63) is 36.4 Å². The molecule has 0 atom stereocenters. The quantitative estimate of drug-likeness (QED) is 0.651. The molecule has 0 fully saturated rings. The van der Waals surface area contributed by atoms with Crippen molar-refractivity contribution in [3.63, 3.8) is 0 Å². The molecule has 1 radical (unpaired) electrons. The molecule has 2 aromatic rings. The van der Waals surface area contributed by atoms with Crippen LogP contribution in [0.1, 0.15) is 0 Å². The van der Waals surface area contributed by atoms with Gasteiger partial charge in [0.25, 0.3) is 0 Å². The Bertz CT molecular complexity index is 435. The lowest BCUT2D eigenvalue weighted by atomic mass is 10.1. The third kappa shape index (κ3) is 1.31. The number of fused-ring (bicyclic) bond motifs is 1. The maximum Gasteiger partial charge on any atom is 0.186 e. The third-order valence-electron chi connectivity index (χ3n) is 2.05. The zero-order valence-electron chi connectivity index (χ0n) is 7.28. The average Bonchev–Trinajstić information content (AvgIpc) is 2.18. The fraction of sp³-hybridized carbons (Fsp3) is 0.0909. The fourth-order valence-corrected chi connectivity index (χ4v) is 1.35. The summed E-state index contributed by atoms with van der Waals surface area (Å²) >= 11 is 0. The summed E-state index contributed by atoms with van der Waals surface area (Å²) in [6, 6.07) is 10.7. The van der Waals surface area contributed by atoms with E-state index >= 15 is 0 Å². The monoisotopic (exact) mass is 173 g/mol. The third-order valence-corrected chi connectivity index (χ3v) is 2.05. The molecule has 2 heteroatoms. The highest BCUT2D eigenvalue weighted by atomic mass is 16.5. The van der Waals surface area contributed by atoms with Crippen LogP contribution in [0.4, 0.5) is 0 Å². The average molecular weight is 173 g/mol. The van der Waals surface area contributed by atoms with Crippen molar-refractivity contribution in [1.82, 2.24) is 0 Å². The molecule has 0 spiro atoms. The Labute approximate surface area is 76.4 Å². The zero-order chi connectivity index (χ0) is 9.26. The van der Waals surface area contributed by atoms with Crippen LogP contribution in [0.3, 0.4) is 0 Å². The Hall–Kier alpha value is -1.70. The van der Waals surface area contributed by atoms with E-state index < -0.39 is 0 Å². The Balaban J connectivity index is 2.74. The fourth-order valence-electron chi connectivity index (χ4n) is 1.35. The summed E-state index contributed by atoms with van der Waals surface area (Å²) in [5.74, 6) is 0.757. The summed E-state index contributed by atoms with van der Waals surface area (Å²) in [7, 11) is 1.59. The van der Waals surface area contributed by atoms with Crippen LogP contribution < -0.4 is 4.74 Å². The highest BCUT2D eigenvalue weighted by Gasteiger charge is 2.01. The lowest BCUT2D eigenvalue weighted by molar-refractivity contribution is 0.360. The number of rotatable bonds is 1. The molecule has 0 aliphatic heterocycles. The molecule has 0 bridgehead atoms. The molecule has 0 aliphatic rings. The summed E-state index contributed by atoms with van der Waals surface area (Å²) in [6.07, 6.45) is 0. The van der Waals surface area contributed by atoms with E-state index in [1.54, 1.807) is 25.3 Å². The first-order valence-corrected chi connectivity index (χ1v) is 4.05. The van der Waals surface area contributed by atoms with E-state index in [1.165, 1.54) is 0 Å². The predicted molar refractivity (Wildman–Crippen MR) is 50.6 cm³/mol. The predicted octanol–water partition coefficient (Wildman–Crippen LogP) is 2.99. The highest BCUT2D eigenvalue weighted by molar-refractivity contribution is 5.89. The minimum absolute atomic E-state index is 0.0383. The molecule has 0 aromatic heterocycles. The first kappa shape index (κ1) is 7.92. The number of ether oxygens (including phenoxy) is 1. The molecule has 2 nitrogen and oxygen atoms in total. The van der Waals surface area contributed by atoms with Crippen molar-refractivity contribution in [3.8, 4) is 11.5 Å². The molecule has 0 unspecified atom stereocenters. The minimum atomic E-state index is 0.0383. The van der Waals surface area contributed by atoms with E-state index in [-0.39, 0.29) is 5.75 Å². The molecular formula is C11H9O2. The molecule has 2 aromatic carbocycles. The Kier molecular flexibility index (Phi) is 1.81. The molecule has 0 saturated carbocycles. The first-order chi connectivity index (χ1) is 6.31. The van der Waals surface area contributed by atoms with Crippen LogP contribution in [0, 0.1) is 0 Å². The van der Waals surface area contributed by atoms with Gasteiger partial charge in [0.15, 0.2) is 5.75 Å². The van der Waals surface area contributed by atoms with Crippen LogP contribution in [0.2, 0.25) is 0 Å². The van der Waals surface area contributed by atoms with Crippen molar-refractivity contribution < 1.29 is 9.84 Å². The normalized spacial score (nSPS) is 10.2. The van der Waals surface area contributed by atoms with Gasteiger partial charge in [0.05, 0.1) is 7.11 Å². The molecule has 0 amide bonds. The van der Waals surface area contributed by atoms with E-state index in [4.69, 9.17) is 4.74 Å². The molecule has 0 heterocycles. The van der Waals surface area contributed by atoms with Crippen LogP contribution in [0.15, 0.2) is 36.4 Å². The van der Waals surface area contributed by atoms with Gasteiger partial charge >= 0.3 is 0 Å². The van der Waals surface area contributed by atoms with E-state index in [2.05, 4.69) is 0 Å². The van der Waals surface area contributed by atoms with E-state index in [1.807, 2.05) is 18.2 Å². The van der Waals surface area contributed by atoms with Gasteiger partial charge in [0, 0.05) is 5.39 Å². The molecular weight excluding hydrogens is 164 g/mol. The number of hydrogen-bond donors (Lipinski definition) is 0.